The largest absolute Gasteiger partial charge is 0.294 e. The van der Waals surface area contributed by atoms with Crippen molar-refractivity contribution in [2.45, 2.75) is 38.8 Å². The van der Waals surface area contributed by atoms with Crippen LogP contribution in [0.3, 0.4) is 0 Å². The molecule has 1 saturated heterocycles. The Bertz CT molecular complexity index is 412. The van der Waals surface area contributed by atoms with E-state index in [2.05, 4.69) is 18.7 Å². The molecule has 1 aromatic carbocycles. The van der Waals surface area contributed by atoms with Crippen molar-refractivity contribution < 1.29 is 4.92 Å². The number of nitrogens with zero attached hydrogens (tertiary/aromatic N) is 2. The molecule has 0 aromatic heterocycles. The predicted octanol–water partition coefficient (Wildman–Crippen LogP) is 2.97. The van der Waals surface area contributed by atoms with Gasteiger partial charge in [-0.15, -0.1) is 0 Å². The number of benzene rings is 1. The summed E-state index contributed by atoms with van der Waals surface area (Å²) in [6.45, 7) is 6.51. The Morgan fingerprint density at radius 2 is 2.00 bits per heavy atom. The van der Waals surface area contributed by atoms with E-state index in [1.807, 2.05) is 12.1 Å². The van der Waals surface area contributed by atoms with Crippen LogP contribution < -0.4 is 0 Å². The van der Waals surface area contributed by atoms with Gasteiger partial charge in [-0.3, -0.25) is 15.0 Å². The Hall–Kier alpha value is -1.42. The van der Waals surface area contributed by atoms with Gasteiger partial charge >= 0.3 is 0 Å². The summed E-state index contributed by atoms with van der Waals surface area (Å²) in [6, 6.07) is 6.87. The van der Waals surface area contributed by atoms with Crippen LogP contribution in [0, 0.1) is 10.1 Å². The third-order valence-corrected chi connectivity index (χ3v) is 3.59. The van der Waals surface area contributed by atoms with Gasteiger partial charge in [-0.25, -0.2) is 0 Å². The summed E-state index contributed by atoms with van der Waals surface area (Å²) in [5, 5.41) is 10.6. The van der Waals surface area contributed by atoms with Crippen molar-refractivity contribution in [1.29, 1.82) is 0 Å². The van der Waals surface area contributed by atoms with E-state index in [-0.39, 0.29) is 16.1 Å². The van der Waals surface area contributed by atoms with E-state index >= 15 is 0 Å². The molecule has 0 bridgehead atoms. The molecule has 0 spiro atoms. The van der Waals surface area contributed by atoms with Crippen LogP contribution in [0.1, 0.15) is 32.3 Å². The second-order valence-corrected chi connectivity index (χ2v) is 5.26. The van der Waals surface area contributed by atoms with Crippen molar-refractivity contribution in [2.75, 3.05) is 6.54 Å². The van der Waals surface area contributed by atoms with Crippen LogP contribution in [0.5, 0.6) is 0 Å². The van der Waals surface area contributed by atoms with Crippen molar-refractivity contribution in [1.82, 2.24) is 4.90 Å². The minimum absolute atomic E-state index is 0.162. The van der Waals surface area contributed by atoms with Crippen LogP contribution in [0.4, 0.5) is 5.69 Å². The van der Waals surface area contributed by atoms with Crippen LogP contribution in [0.25, 0.3) is 0 Å². The first-order valence-corrected chi connectivity index (χ1v) is 5.97. The fourth-order valence-electron chi connectivity index (χ4n) is 2.40. The number of likely N-dealkylation sites (tertiary alicyclic amines) is 1. The van der Waals surface area contributed by atoms with Gasteiger partial charge in [0.2, 0.25) is 0 Å². The summed E-state index contributed by atoms with van der Waals surface area (Å²) in [5.74, 6) is 0. The summed E-state index contributed by atoms with van der Waals surface area (Å²) >= 11 is 0. The normalized spacial score (nSPS) is 19.4. The third kappa shape index (κ3) is 2.64. The van der Waals surface area contributed by atoms with Crippen molar-refractivity contribution >= 4 is 5.69 Å². The lowest BCUT2D eigenvalue weighted by atomic mass is 10.0. The highest BCUT2D eigenvalue weighted by Crippen LogP contribution is 2.29. The number of hydrogen-bond donors (Lipinski definition) is 0. The van der Waals surface area contributed by atoms with Crippen molar-refractivity contribution in [3.05, 3.63) is 39.9 Å². The zero-order valence-electron chi connectivity index (χ0n) is 10.3. The summed E-state index contributed by atoms with van der Waals surface area (Å²) in [7, 11) is 0. The van der Waals surface area contributed by atoms with Gasteiger partial charge in [-0.05, 0) is 38.8 Å². The van der Waals surface area contributed by atoms with Crippen molar-refractivity contribution in [3.63, 3.8) is 0 Å². The monoisotopic (exact) mass is 234 g/mol. The zero-order chi connectivity index (χ0) is 12.5. The molecule has 1 aliphatic rings. The van der Waals surface area contributed by atoms with Gasteiger partial charge in [0.05, 0.1) is 4.92 Å². The molecule has 0 atom stereocenters. The Labute approximate surface area is 101 Å². The smallest absolute Gasteiger partial charge is 0.269 e. The maximum absolute atomic E-state index is 10.6. The zero-order valence-corrected chi connectivity index (χ0v) is 10.3. The van der Waals surface area contributed by atoms with Crippen LogP contribution in [-0.2, 0) is 6.54 Å². The van der Waals surface area contributed by atoms with E-state index in [1.165, 1.54) is 12.8 Å². The second kappa shape index (κ2) is 4.45. The third-order valence-electron chi connectivity index (χ3n) is 3.59. The average Bonchev–Trinajstić information content (AvgIpc) is 2.59. The summed E-state index contributed by atoms with van der Waals surface area (Å²) in [6.07, 6.45) is 2.46. The minimum atomic E-state index is -0.358. The minimum Gasteiger partial charge on any atom is -0.294 e. The van der Waals surface area contributed by atoms with E-state index in [0.717, 1.165) is 18.7 Å². The Morgan fingerprint density at radius 1 is 1.35 bits per heavy atom. The lowest BCUT2D eigenvalue weighted by Gasteiger charge is -2.31. The van der Waals surface area contributed by atoms with Crippen LogP contribution in [0.15, 0.2) is 24.3 Å². The molecule has 2 rings (SSSR count). The number of non-ortho nitro benzene ring substituents is 1. The molecule has 0 unspecified atom stereocenters. The lowest BCUT2D eigenvalue weighted by molar-refractivity contribution is -0.384. The molecular formula is C13H18N2O2. The number of hydrogen-bond acceptors (Lipinski definition) is 3. The molecule has 0 aliphatic carbocycles. The van der Waals surface area contributed by atoms with E-state index in [1.54, 1.807) is 12.1 Å². The topological polar surface area (TPSA) is 46.4 Å². The molecule has 92 valence electrons. The predicted molar refractivity (Wildman–Crippen MR) is 66.8 cm³/mol. The van der Waals surface area contributed by atoms with Gasteiger partial charge in [0.25, 0.3) is 5.69 Å². The highest BCUT2D eigenvalue weighted by molar-refractivity contribution is 5.32. The molecule has 0 saturated carbocycles. The van der Waals surface area contributed by atoms with Crippen LogP contribution in [-0.4, -0.2) is 21.9 Å². The van der Waals surface area contributed by atoms with E-state index in [0.29, 0.717) is 0 Å². The second-order valence-electron chi connectivity index (χ2n) is 5.26. The molecular weight excluding hydrogens is 216 g/mol. The standard InChI is InChI=1S/C13H18N2O2/c1-13(2)8-3-9-14(13)10-11-4-6-12(7-5-11)15(16)17/h4-7H,3,8-10H2,1-2H3. The van der Waals surface area contributed by atoms with E-state index < -0.39 is 0 Å². The van der Waals surface area contributed by atoms with Gasteiger partial charge < -0.3 is 0 Å². The van der Waals surface area contributed by atoms with Gasteiger partial charge in [0, 0.05) is 24.2 Å². The molecule has 17 heavy (non-hydrogen) atoms. The summed E-state index contributed by atoms with van der Waals surface area (Å²) in [5.41, 5.74) is 1.56. The molecule has 0 radical (unpaired) electrons. The van der Waals surface area contributed by atoms with Crippen molar-refractivity contribution in [2.24, 2.45) is 0 Å². The molecule has 0 N–H and O–H groups in total. The summed E-state index contributed by atoms with van der Waals surface area (Å²) in [4.78, 5) is 12.6. The van der Waals surface area contributed by atoms with Crippen LogP contribution >= 0.6 is 0 Å². The highest BCUT2D eigenvalue weighted by Gasteiger charge is 2.31. The maximum atomic E-state index is 10.6. The fourth-order valence-corrected chi connectivity index (χ4v) is 2.40. The first-order valence-electron chi connectivity index (χ1n) is 5.97. The van der Waals surface area contributed by atoms with Gasteiger partial charge in [-0.1, -0.05) is 12.1 Å². The first kappa shape index (κ1) is 12.0. The van der Waals surface area contributed by atoms with E-state index in [9.17, 15) is 10.1 Å². The Morgan fingerprint density at radius 3 is 2.47 bits per heavy atom. The quantitative estimate of drug-likeness (QED) is 0.596. The summed E-state index contributed by atoms with van der Waals surface area (Å²) < 4.78 is 0. The molecule has 0 amide bonds. The van der Waals surface area contributed by atoms with Gasteiger partial charge in [0.1, 0.15) is 0 Å². The molecule has 4 heteroatoms. The molecule has 4 nitrogen and oxygen atoms in total. The van der Waals surface area contributed by atoms with E-state index in [4.69, 9.17) is 0 Å². The van der Waals surface area contributed by atoms with Crippen LogP contribution in [0.2, 0.25) is 0 Å². The lowest BCUT2D eigenvalue weighted by Crippen LogP contribution is -2.37. The average molecular weight is 234 g/mol. The van der Waals surface area contributed by atoms with Gasteiger partial charge in [0.15, 0.2) is 0 Å². The molecule has 1 aromatic rings. The SMILES string of the molecule is CC1(C)CCCN1Cc1ccc([N+](=O)[O-])cc1. The number of nitro groups is 1. The van der Waals surface area contributed by atoms with Gasteiger partial charge in [-0.2, -0.15) is 0 Å². The first-order chi connectivity index (χ1) is 7.99. The maximum Gasteiger partial charge on any atom is 0.269 e. The molecule has 1 heterocycles. The van der Waals surface area contributed by atoms with Crippen molar-refractivity contribution in [3.8, 4) is 0 Å². The molecule has 1 fully saturated rings. The number of nitro benzene ring substituents is 1. The Balaban J connectivity index is 2.06. The number of rotatable bonds is 3. The Kier molecular flexibility index (Phi) is 3.15. The molecule has 1 aliphatic heterocycles. The fraction of sp³-hybridized carbons (Fsp3) is 0.538. The highest BCUT2D eigenvalue weighted by atomic mass is 16.6.